The Kier molecular flexibility index (Phi) is 4.79. The number of amides is 3. The van der Waals surface area contributed by atoms with Crippen molar-refractivity contribution in [3.05, 3.63) is 0 Å². The minimum atomic E-state index is -0.890. The second kappa shape index (κ2) is 5.77. The summed E-state index contributed by atoms with van der Waals surface area (Å²) in [5.41, 5.74) is -0.663. The first-order valence-electron chi connectivity index (χ1n) is 6.10. The number of halogens is 1. The fourth-order valence-electron chi connectivity index (χ4n) is 1.72. The number of carbonyl (C=O) groups is 3. The Bertz CT molecular complexity index is 374. The highest BCUT2D eigenvalue weighted by molar-refractivity contribution is 6.21. The summed E-state index contributed by atoms with van der Waals surface area (Å²) in [6.45, 7) is 6.76. The van der Waals surface area contributed by atoms with Crippen LogP contribution >= 0.6 is 11.6 Å². The summed E-state index contributed by atoms with van der Waals surface area (Å²) >= 11 is 5.95. The van der Waals surface area contributed by atoms with Crippen LogP contribution in [0, 0.1) is 0 Å². The number of hydrogen-bond donors (Lipinski definition) is 1. The normalized spacial score (nSPS) is 19.3. The smallest absolute Gasteiger partial charge is 0.409 e. The number of likely N-dealkylation sites (tertiary alicyclic amines) is 1. The Morgan fingerprint density at radius 1 is 1.32 bits per heavy atom. The molecule has 0 spiro atoms. The van der Waals surface area contributed by atoms with E-state index in [1.165, 1.54) is 0 Å². The number of rotatable bonds is 3. The topological polar surface area (TPSA) is 75.7 Å². The Morgan fingerprint density at radius 3 is 2.16 bits per heavy atom. The van der Waals surface area contributed by atoms with Gasteiger partial charge in [0.1, 0.15) is 11.8 Å². The molecule has 6 nitrogen and oxygen atoms in total. The first-order valence-corrected chi connectivity index (χ1v) is 6.54. The predicted octanol–water partition coefficient (Wildman–Crippen LogP) is 1.61. The van der Waals surface area contributed by atoms with Gasteiger partial charge in [-0.3, -0.25) is 19.8 Å². The molecule has 108 valence electrons. The van der Waals surface area contributed by atoms with Crippen LogP contribution in [0.1, 0.15) is 40.5 Å². The van der Waals surface area contributed by atoms with Crippen LogP contribution in [-0.2, 0) is 14.3 Å². The van der Waals surface area contributed by atoms with E-state index in [1.807, 2.05) is 0 Å². The molecular formula is C12H19ClN2O4. The van der Waals surface area contributed by atoms with Crippen LogP contribution in [0.5, 0.6) is 0 Å². The molecule has 1 N–H and O–H groups in total. The molecule has 0 radical (unpaired) electrons. The standard InChI is InChI=1S/C12H19ClN2O4/c1-7(13)10(14-11(18)19-12(2,3)4)15-8(16)5-6-9(15)17/h7,10H,5-6H2,1-4H3,(H,14,18)/t7-,10+/m1/s1. The molecule has 1 fully saturated rings. The molecule has 1 aliphatic rings. The van der Waals surface area contributed by atoms with Crippen LogP contribution in [0.25, 0.3) is 0 Å². The number of imide groups is 1. The van der Waals surface area contributed by atoms with Crippen LogP contribution < -0.4 is 5.32 Å². The van der Waals surface area contributed by atoms with Gasteiger partial charge in [-0.25, -0.2) is 4.79 Å². The van der Waals surface area contributed by atoms with Gasteiger partial charge in [0.25, 0.3) is 0 Å². The van der Waals surface area contributed by atoms with Crippen molar-refractivity contribution in [3.63, 3.8) is 0 Å². The summed E-state index contributed by atoms with van der Waals surface area (Å²) in [5.74, 6) is -0.669. The van der Waals surface area contributed by atoms with Gasteiger partial charge in [0.15, 0.2) is 0 Å². The average Bonchev–Trinajstić information content (AvgIpc) is 2.52. The SMILES string of the molecule is C[C@@H](Cl)[C@@H](NC(=O)OC(C)(C)C)N1C(=O)CCC1=O. The highest BCUT2D eigenvalue weighted by atomic mass is 35.5. The van der Waals surface area contributed by atoms with Gasteiger partial charge in [0.05, 0.1) is 5.38 Å². The van der Waals surface area contributed by atoms with Gasteiger partial charge in [-0.15, -0.1) is 11.6 Å². The quantitative estimate of drug-likeness (QED) is 0.633. The summed E-state index contributed by atoms with van der Waals surface area (Å²) in [6.07, 6.45) is -1.30. The van der Waals surface area contributed by atoms with Gasteiger partial charge in [-0.05, 0) is 27.7 Å². The number of nitrogens with one attached hydrogen (secondary N) is 1. The summed E-state index contributed by atoms with van der Waals surface area (Å²) in [6, 6.07) is 0. The van der Waals surface area contributed by atoms with Crippen molar-refractivity contribution in [3.8, 4) is 0 Å². The van der Waals surface area contributed by atoms with Gasteiger partial charge in [-0.2, -0.15) is 0 Å². The fourth-order valence-corrected chi connectivity index (χ4v) is 1.89. The molecule has 1 rings (SSSR count). The van der Waals surface area contributed by atoms with Crippen LogP contribution in [0.3, 0.4) is 0 Å². The van der Waals surface area contributed by atoms with Crippen molar-refractivity contribution in [2.45, 2.75) is 57.7 Å². The zero-order chi connectivity index (χ0) is 14.8. The lowest BCUT2D eigenvalue weighted by atomic mass is 10.2. The molecule has 1 aliphatic heterocycles. The summed E-state index contributed by atoms with van der Waals surface area (Å²) < 4.78 is 5.09. The van der Waals surface area contributed by atoms with Crippen molar-refractivity contribution < 1.29 is 19.1 Å². The van der Waals surface area contributed by atoms with E-state index in [4.69, 9.17) is 16.3 Å². The molecule has 7 heteroatoms. The van der Waals surface area contributed by atoms with E-state index >= 15 is 0 Å². The molecule has 2 atom stereocenters. The van der Waals surface area contributed by atoms with Crippen molar-refractivity contribution in [1.29, 1.82) is 0 Å². The fraction of sp³-hybridized carbons (Fsp3) is 0.750. The molecule has 1 saturated heterocycles. The van der Waals surface area contributed by atoms with Gasteiger partial charge in [0.2, 0.25) is 11.8 Å². The van der Waals surface area contributed by atoms with E-state index in [-0.39, 0.29) is 24.7 Å². The highest BCUT2D eigenvalue weighted by Gasteiger charge is 2.38. The average molecular weight is 291 g/mol. The molecular weight excluding hydrogens is 272 g/mol. The minimum Gasteiger partial charge on any atom is -0.444 e. The van der Waals surface area contributed by atoms with Crippen molar-refractivity contribution in [2.24, 2.45) is 0 Å². The first kappa shape index (κ1) is 15.8. The third-order valence-corrected chi connectivity index (χ3v) is 2.71. The maximum atomic E-state index is 11.7. The number of nitrogens with zero attached hydrogens (tertiary/aromatic N) is 1. The Labute approximate surface area is 117 Å². The number of hydrogen-bond acceptors (Lipinski definition) is 4. The van der Waals surface area contributed by atoms with E-state index in [9.17, 15) is 14.4 Å². The Morgan fingerprint density at radius 2 is 1.79 bits per heavy atom. The van der Waals surface area contributed by atoms with Crippen molar-refractivity contribution in [1.82, 2.24) is 10.2 Å². The lowest BCUT2D eigenvalue weighted by molar-refractivity contribution is -0.141. The summed E-state index contributed by atoms with van der Waals surface area (Å²) in [7, 11) is 0. The zero-order valence-corrected chi connectivity index (χ0v) is 12.3. The second-order valence-electron chi connectivity index (χ2n) is 5.43. The number of ether oxygens (including phenoxy) is 1. The molecule has 0 saturated carbocycles. The van der Waals surface area contributed by atoms with Crippen LogP contribution in [-0.4, -0.2) is 40.0 Å². The Hall–Kier alpha value is -1.30. The van der Waals surface area contributed by atoms with Crippen molar-refractivity contribution >= 4 is 29.5 Å². The van der Waals surface area contributed by atoms with Crippen LogP contribution in [0.4, 0.5) is 4.79 Å². The largest absolute Gasteiger partial charge is 0.444 e. The number of alkyl carbamates (subject to hydrolysis) is 1. The predicted molar refractivity (Wildman–Crippen MR) is 69.6 cm³/mol. The molecule has 19 heavy (non-hydrogen) atoms. The molecule has 0 aliphatic carbocycles. The van der Waals surface area contributed by atoms with Gasteiger partial charge in [0, 0.05) is 12.8 Å². The molecule has 0 aromatic carbocycles. The Balaban J connectivity index is 2.76. The van der Waals surface area contributed by atoms with E-state index in [1.54, 1.807) is 27.7 Å². The van der Waals surface area contributed by atoms with Gasteiger partial charge in [-0.1, -0.05) is 0 Å². The third kappa shape index (κ3) is 4.38. The molecule has 0 aromatic heterocycles. The monoisotopic (exact) mass is 290 g/mol. The lowest BCUT2D eigenvalue weighted by Crippen LogP contribution is -2.55. The highest BCUT2D eigenvalue weighted by Crippen LogP contribution is 2.19. The number of carbonyl (C=O) groups excluding carboxylic acids is 3. The van der Waals surface area contributed by atoms with Gasteiger partial charge < -0.3 is 4.74 Å². The van der Waals surface area contributed by atoms with Crippen molar-refractivity contribution in [2.75, 3.05) is 0 Å². The summed E-state index contributed by atoms with van der Waals surface area (Å²) in [4.78, 5) is 36.0. The van der Waals surface area contributed by atoms with E-state index < -0.39 is 23.2 Å². The van der Waals surface area contributed by atoms with Crippen LogP contribution in [0.15, 0.2) is 0 Å². The number of alkyl halides is 1. The zero-order valence-electron chi connectivity index (χ0n) is 11.5. The van der Waals surface area contributed by atoms with E-state index in [0.29, 0.717) is 0 Å². The molecule has 0 unspecified atom stereocenters. The molecule has 1 heterocycles. The van der Waals surface area contributed by atoms with E-state index in [2.05, 4.69) is 5.32 Å². The lowest BCUT2D eigenvalue weighted by Gasteiger charge is -2.30. The van der Waals surface area contributed by atoms with Crippen LogP contribution in [0.2, 0.25) is 0 Å². The first-order chi connectivity index (χ1) is 8.61. The van der Waals surface area contributed by atoms with Gasteiger partial charge >= 0.3 is 6.09 Å². The molecule has 0 aromatic rings. The molecule has 3 amide bonds. The minimum absolute atomic E-state index is 0.148. The maximum Gasteiger partial charge on any atom is 0.409 e. The van der Waals surface area contributed by atoms with E-state index in [0.717, 1.165) is 4.90 Å². The summed E-state index contributed by atoms with van der Waals surface area (Å²) in [5, 5.41) is 1.85. The maximum absolute atomic E-state index is 11.7. The molecule has 0 bridgehead atoms. The second-order valence-corrected chi connectivity index (χ2v) is 6.11. The third-order valence-electron chi connectivity index (χ3n) is 2.47.